The zero-order chi connectivity index (χ0) is 35.2. The van der Waals surface area contributed by atoms with Crippen molar-refractivity contribution in [1.29, 1.82) is 0 Å². The van der Waals surface area contributed by atoms with Gasteiger partial charge >= 0.3 is 0 Å². The highest BCUT2D eigenvalue weighted by molar-refractivity contribution is 7.92. The molecule has 8 nitrogen and oxygen atoms in total. The molecule has 1 amide bonds. The van der Waals surface area contributed by atoms with E-state index in [9.17, 15) is 32.4 Å². The van der Waals surface area contributed by atoms with Crippen molar-refractivity contribution in [2.75, 3.05) is 12.3 Å². The molecule has 3 saturated carbocycles. The number of alkyl halides is 2. The highest BCUT2D eigenvalue weighted by Crippen LogP contribution is 2.66. The molecule has 270 valence electrons. The average molecular weight is 729 g/mol. The van der Waals surface area contributed by atoms with Crippen LogP contribution in [0.1, 0.15) is 130 Å². The monoisotopic (exact) mass is 727 g/mol. The standard InChI is InChI=1S/C37H55Cl2NO7S/c1-5-6-11-24(33(44)29(43)18-23-13-14-23)19-28(42)32-31-27(37(31,38)39)22-40(32)34(45)26(35(2,3)4)20-25(41)21-36(15-8-7-9-16-36)30-12-10-17-48(30,46)47/h23-24,26-27,30-32H,5-22H2,1-4H3/t24-,26-,27?,30?,31?,32-/m1/s1. The molecule has 0 aromatic carbocycles. The third-order valence-electron chi connectivity index (χ3n) is 12.3. The number of rotatable bonds is 16. The van der Waals surface area contributed by atoms with Crippen LogP contribution in [-0.2, 0) is 33.8 Å². The van der Waals surface area contributed by atoms with Crippen LogP contribution in [0.3, 0.4) is 0 Å². The molecule has 0 aromatic heterocycles. The maximum atomic E-state index is 14.5. The summed E-state index contributed by atoms with van der Waals surface area (Å²) in [5.41, 5.74) is -1.21. The van der Waals surface area contributed by atoms with Crippen LogP contribution in [0.4, 0.5) is 0 Å². The van der Waals surface area contributed by atoms with Crippen LogP contribution in [0.5, 0.6) is 0 Å². The lowest BCUT2D eigenvalue weighted by Crippen LogP contribution is -2.51. The van der Waals surface area contributed by atoms with E-state index in [0.29, 0.717) is 38.5 Å². The van der Waals surface area contributed by atoms with Crippen molar-refractivity contribution in [2.24, 2.45) is 40.4 Å². The topological polar surface area (TPSA) is 123 Å². The molecule has 0 bridgehead atoms. The molecular formula is C37H55Cl2NO7S. The lowest BCUT2D eigenvalue weighted by Gasteiger charge is -2.42. The molecule has 3 unspecified atom stereocenters. The molecule has 6 atom stereocenters. The first-order chi connectivity index (χ1) is 22.4. The number of fused-ring (bicyclic) bond motifs is 1. The van der Waals surface area contributed by atoms with E-state index >= 15 is 0 Å². The van der Waals surface area contributed by atoms with E-state index in [0.717, 1.165) is 38.5 Å². The quantitative estimate of drug-likeness (QED) is 0.126. The van der Waals surface area contributed by atoms with Crippen molar-refractivity contribution >= 4 is 62.1 Å². The molecule has 11 heteroatoms. The number of halogens is 2. The van der Waals surface area contributed by atoms with Crippen molar-refractivity contribution in [3.8, 4) is 0 Å². The third kappa shape index (κ3) is 7.93. The first-order valence-corrected chi connectivity index (χ1v) is 20.9. The van der Waals surface area contributed by atoms with Gasteiger partial charge in [0.05, 0.1) is 17.0 Å². The van der Waals surface area contributed by atoms with Crippen molar-refractivity contribution in [1.82, 2.24) is 4.90 Å². The van der Waals surface area contributed by atoms with E-state index < -0.39 is 65.6 Å². The van der Waals surface area contributed by atoms with Gasteiger partial charge < -0.3 is 4.90 Å². The number of ketones is 4. The number of carbonyl (C=O) groups excluding carboxylic acids is 5. The van der Waals surface area contributed by atoms with Crippen molar-refractivity contribution in [3.05, 3.63) is 0 Å². The summed E-state index contributed by atoms with van der Waals surface area (Å²) >= 11 is 13.3. The molecule has 5 aliphatic rings. The molecule has 2 saturated heterocycles. The lowest BCUT2D eigenvalue weighted by molar-refractivity contribution is -0.148. The first kappa shape index (κ1) is 37.9. The molecule has 3 aliphatic carbocycles. The number of Topliss-reactive ketones (excluding diaryl/α,β-unsaturated/α-hetero) is 4. The van der Waals surface area contributed by atoms with Gasteiger partial charge in [-0.25, -0.2) is 8.42 Å². The summed E-state index contributed by atoms with van der Waals surface area (Å²) in [6.45, 7) is 7.91. The van der Waals surface area contributed by atoms with Gasteiger partial charge in [-0.3, -0.25) is 24.0 Å². The molecule has 2 heterocycles. The lowest BCUT2D eigenvalue weighted by atomic mass is 9.66. The van der Waals surface area contributed by atoms with Crippen LogP contribution in [-0.4, -0.2) is 70.3 Å². The molecule has 5 fully saturated rings. The number of unbranched alkanes of at least 4 members (excludes halogenated alkanes) is 1. The fourth-order valence-corrected chi connectivity index (χ4v) is 12.5. The Bertz CT molecular complexity index is 1390. The van der Waals surface area contributed by atoms with E-state index in [4.69, 9.17) is 23.2 Å². The summed E-state index contributed by atoms with van der Waals surface area (Å²) in [5, 5.41) is -0.508. The second-order valence-corrected chi connectivity index (χ2v) is 20.7. The normalized spacial score (nSPS) is 29.9. The second-order valence-electron chi connectivity index (χ2n) is 16.9. The second kappa shape index (κ2) is 14.4. The van der Waals surface area contributed by atoms with Gasteiger partial charge in [0.25, 0.3) is 0 Å². The maximum Gasteiger partial charge on any atom is 0.227 e. The Balaban J connectivity index is 1.34. The summed E-state index contributed by atoms with van der Waals surface area (Å²) in [7, 11) is -3.27. The largest absolute Gasteiger partial charge is 0.332 e. The number of nitrogens with zero attached hydrogens (tertiary/aromatic N) is 1. The Morgan fingerprint density at radius 1 is 0.938 bits per heavy atom. The van der Waals surface area contributed by atoms with Gasteiger partial charge in [-0.05, 0) is 61.7 Å². The fraction of sp³-hybridized carbons (Fsp3) is 0.865. The first-order valence-electron chi connectivity index (χ1n) is 18.4. The van der Waals surface area contributed by atoms with Crippen molar-refractivity contribution < 1.29 is 32.4 Å². The molecule has 5 rings (SSSR count). The molecule has 2 aliphatic heterocycles. The minimum Gasteiger partial charge on any atom is -0.332 e. The zero-order valence-corrected chi connectivity index (χ0v) is 31.6. The van der Waals surface area contributed by atoms with Gasteiger partial charge in [0.2, 0.25) is 11.7 Å². The Morgan fingerprint density at radius 2 is 1.60 bits per heavy atom. The van der Waals surface area contributed by atoms with E-state index in [1.807, 2.05) is 27.7 Å². The molecule has 0 aromatic rings. The highest BCUT2D eigenvalue weighted by atomic mass is 35.5. The van der Waals surface area contributed by atoms with Gasteiger partial charge in [0.15, 0.2) is 21.4 Å². The summed E-state index contributed by atoms with van der Waals surface area (Å²) in [5.74, 6) is -3.44. The van der Waals surface area contributed by atoms with Crippen molar-refractivity contribution in [3.63, 3.8) is 0 Å². The molecule has 48 heavy (non-hydrogen) atoms. The van der Waals surface area contributed by atoms with E-state index in [-0.39, 0.29) is 67.3 Å². The number of likely N-dealkylation sites (tertiary alicyclic amines) is 1. The fourth-order valence-electron chi connectivity index (χ4n) is 9.26. The van der Waals surface area contributed by atoms with Gasteiger partial charge in [-0.1, -0.05) is 59.8 Å². The number of carbonyl (C=O) groups is 5. The number of amides is 1. The zero-order valence-electron chi connectivity index (χ0n) is 29.2. The van der Waals surface area contributed by atoms with Crippen LogP contribution in [0.15, 0.2) is 0 Å². The predicted octanol–water partition coefficient (Wildman–Crippen LogP) is 6.86. The van der Waals surface area contributed by atoms with E-state index in [1.54, 1.807) is 4.90 Å². The Morgan fingerprint density at radius 3 is 2.17 bits per heavy atom. The van der Waals surface area contributed by atoms with Crippen LogP contribution >= 0.6 is 23.2 Å². The maximum absolute atomic E-state index is 14.5. The van der Waals surface area contributed by atoms with Crippen molar-refractivity contribution in [2.45, 2.75) is 146 Å². The molecule has 0 spiro atoms. The Hall–Kier alpha value is -1.32. The number of piperidine rings is 1. The summed E-state index contributed by atoms with van der Waals surface area (Å²) in [4.78, 5) is 70.2. The van der Waals surface area contributed by atoms with Crippen LogP contribution in [0.2, 0.25) is 0 Å². The molecule has 0 N–H and O–H groups in total. The smallest absolute Gasteiger partial charge is 0.227 e. The number of hydrogen-bond donors (Lipinski definition) is 0. The van der Waals surface area contributed by atoms with Gasteiger partial charge in [0, 0.05) is 55.9 Å². The SMILES string of the molecule is CCCC[C@H](CC(=O)[C@@H]1C2C(CN1C(=O)[C@@H](CC(=O)CC1(C3CCCS3(=O)=O)CCCCC1)C(C)(C)C)C2(Cl)Cl)C(=O)C(=O)CC1CC1. The highest BCUT2D eigenvalue weighted by Gasteiger charge is 2.73. The van der Waals surface area contributed by atoms with Crippen LogP contribution in [0.25, 0.3) is 0 Å². The minimum atomic E-state index is -3.27. The summed E-state index contributed by atoms with van der Waals surface area (Å²) in [6.07, 6.45) is 9.48. The van der Waals surface area contributed by atoms with Gasteiger partial charge in [-0.2, -0.15) is 0 Å². The molecule has 0 radical (unpaired) electrons. The Labute approximate surface area is 297 Å². The minimum absolute atomic E-state index is 0.0379. The van der Waals surface area contributed by atoms with E-state index in [1.165, 1.54) is 0 Å². The Kier molecular flexibility index (Phi) is 11.3. The predicted molar refractivity (Wildman–Crippen MR) is 186 cm³/mol. The molecular weight excluding hydrogens is 673 g/mol. The van der Waals surface area contributed by atoms with Gasteiger partial charge in [0.1, 0.15) is 10.1 Å². The van der Waals surface area contributed by atoms with Crippen LogP contribution < -0.4 is 0 Å². The third-order valence-corrected chi connectivity index (χ3v) is 15.8. The number of sulfone groups is 1. The number of hydrogen-bond acceptors (Lipinski definition) is 7. The van der Waals surface area contributed by atoms with Gasteiger partial charge in [-0.15, -0.1) is 23.2 Å². The van der Waals surface area contributed by atoms with Crippen LogP contribution in [0, 0.1) is 40.4 Å². The van der Waals surface area contributed by atoms with E-state index in [2.05, 4.69) is 0 Å². The summed E-state index contributed by atoms with van der Waals surface area (Å²) in [6, 6.07) is -0.929. The summed E-state index contributed by atoms with van der Waals surface area (Å²) < 4.78 is 25.0. The average Bonchev–Trinajstić information content (AvgIpc) is 3.79.